The molecule has 1 atom stereocenters. The van der Waals surface area contributed by atoms with Gasteiger partial charge in [0.2, 0.25) is 0 Å². The first-order valence-corrected chi connectivity index (χ1v) is 16.4. The number of nitrogens with one attached hydrogen (secondary N) is 2. The molecule has 3 aromatic rings. The van der Waals surface area contributed by atoms with Crippen LogP contribution in [0.1, 0.15) is 79.3 Å². The van der Waals surface area contributed by atoms with Crippen LogP contribution in [0, 0.1) is 5.92 Å². The van der Waals surface area contributed by atoms with E-state index in [1.54, 1.807) is 29.9 Å². The molecule has 3 N–H and O–H groups in total. The molecule has 3 fully saturated rings. The molecule has 3 aliphatic heterocycles. The van der Waals surface area contributed by atoms with E-state index in [1.165, 1.54) is 38.9 Å². The van der Waals surface area contributed by atoms with E-state index in [4.69, 9.17) is 14.2 Å². The van der Waals surface area contributed by atoms with Crippen molar-refractivity contribution in [2.24, 2.45) is 13.0 Å². The molecule has 3 saturated heterocycles. The predicted molar refractivity (Wildman–Crippen MR) is 176 cm³/mol. The van der Waals surface area contributed by atoms with E-state index in [0.717, 1.165) is 29.2 Å². The van der Waals surface area contributed by atoms with Crippen molar-refractivity contribution in [2.45, 2.75) is 64.9 Å². The summed E-state index contributed by atoms with van der Waals surface area (Å²) in [5.74, 6) is 1.42. The number of fused-ring (bicyclic) bond motifs is 3. The van der Waals surface area contributed by atoms with Gasteiger partial charge >= 0.3 is 6.09 Å². The lowest BCUT2D eigenvalue weighted by molar-refractivity contribution is -0.139. The van der Waals surface area contributed by atoms with Crippen molar-refractivity contribution in [2.75, 3.05) is 39.4 Å². The second kappa shape index (κ2) is 18.3. The molecule has 3 aliphatic rings. The standard InChI is InChI=1S/C28H36N4O6.C7H13N/c1-4-36-25(37-5-2)15-10-16-29-27(33)24-18-22(32(3)31-24)19-38-23-14-9-13-21(17-23)26(30-28(34)35)20-11-7-6-8-12-20;1-4-8-5-2-7(1)3-6-8/h6-9,11-14,17-18,25-26,30H,4-5,10,15-16,19H2,1-3H3,(H,29,33)(H,34,35);7H,1-6H2. The topological polar surface area (TPSA) is 127 Å². The molecule has 2 amide bonds. The number of hydrogen-bond donors (Lipinski definition) is 3. The Kier molecular flexibility index (Phi) is 13.9. The zero-order valence-corrected chi connectivity index (χ0v) is 27.3. The van der Waals surface area contributed by atoms with Gasteiger partial charge in [-0.25, -0.2) is 4.79 Å². The number of aryl methyl sites for hydroxylation is 1. The lowest BCUT2D eigenvalue weighted by Crippen LogP contribution is -2.41. The largest absolute Gasteiger partial charge is 0.487 e. The number of aromatic nitrogens is 2. The Morgan fingerprint density at radius 3 is 2.22 bits per heavy atom. The molecule has 1 aromatic heterocycles. The fraction of sp³-hybridized carbons (Fsp3) is 0.514. The molecule has 0 saturated carbocycles. The van der Waals surface area contributed by atoms with Crippen LogP contribution in [-0.4, -0.2) is 77.5 Å². The minimum Gasteiger partial charge on any atom is -0.487 e. The summed E-state index contributed by atoms with van der Waals surface area (Å²) in [6.45, 7) is 9.85. The van der Waals surface area contributed by atoms with Crippen molar-refractivity contribution < 1.29 is 28.9 Å². The smallest absolute Gasteiger partial charge is 0.405 e. The summed E-state index contributed by atoms with van der Waals surface area (Å²) >= 11 is 0. The van der Waals surface area contributed by atoms with E-state index in [2.05, 4.69) is 20.6 Å². The van der Waals surface area contributed by atoms with Crippen molar-refractivity contribution >= 4 is 12.0 Å². The van der Waals surface area contributed by atoms with Gasteiger partial charge in [-0.15, -0.1) is 0 Å². The van der Waals surface area contributed by atoms with Crippen molar-refractivity contribution in [3.63, 3.8) is 0 Å². The highest BCUT2D eigenvalue weighted by atomic mass is 16.7. The van der Waals surface area contributed by atoms with Crippen molar-refractivity contribution in [1.29, 1.82) is 0 Å². The average molecular weight is 636 g/mol. The van der Waals surface area contributed by atoms with Crippen molar-refractivity contribution in [3.05, 3.63) is 83.2 Å². The Morgan fingerprint density at radius 1 is 0.957 bits per heavy atom. The lowest BCUT2D eigenvalue weighted by atomic mass is 9.89. The third-order valence-electron chi connectivity index (χ3n) is 8.36. The maximum Gasteiger partial charge on any atom is 0.405 e. The Bertz CT molecular complexity index is 1330. The number of nitrogens with zero attached hydrogens (tertiary/aromatic N) is 3. The minimum atomic E-state index is -1.12. The second-order valence-electron chi connectivity index (χ2n) is 11.6. The van der Waals surface area contributed by atoms with E-state index in [9.17, 15) is 14.7 Å². The Balaban J connectivity index is 0.000000513. The van der Waals surface area contributed by atoms with Crippen LogP contribution in [0.15, 0.2) is 60.7 Å². The van der Waals surface area contributed by atoms with Crippen LogP contribution < -0.4 is 15.4 Å². The van der Waals surface area contributed by atoms with Crippen LogP contribution in [0.5, 0.6) is 5.75 Å². The van der Waals surface area contributed by atoms with Crippen LogP contribution in [-0.2, 0) is 23.1 Å². The highest BCUT2D eigenvalue weighted by Crippen LogP contribution is 2.27. The average Bonchev–Trinajstić information content (AvgIpc) is 3.46. The molecular formula is C35H49N5O6. The number of piperidine rings is 3. The number of rotatable bonds is 15. The maximum atomic E-state index is 12.6. The van der Waals surface area contributed by atoms with E-state index in [-0.39, 0.29) is 18.8 Å². The third kappa shape index (κ3) is 10.9. The summed E-state index contributed by atoms with van der Waals surface area (Å²) in [7, 11) is 1.75. The maximum absolute atomic E-state index is 12.6. The van der Waals surface area contributed by atoms with Gasteiger partial charge in [0.15, 0.2) is 12.0 Å². The minimum absolute atomic E-state index is 0.187. The Morgan fingerprint density at radius 2 is 1.63 bits per heavy atom. The zero-order chi connectivity index (χ0) is 32.7. The summed E-state index contributed by atoms with van der Waals surface area (Å²) in [6.07, 6.45) is 4.49. The zero-order valence-electron chi connectivity index (χ0n) is 27.3. The van der Waals surface area contributed by atoms with Crippen molar-refractivity contribution in [1.82, 2.24) is 25.3 Å². The van der Waals surface area contributed by atoms with Gasteiger partial charge in [-0.05, 0) is 94.4 Å². The number of ether oxygens (including phenoxy) is 3. The number of carbonyl (C=O) groups is 2. The molecule has 11 nitrogen and oxygen atoms in total. The van der Waals surface area contributed by atoms with Crippen LogP contribution >= 0.6 is 0 Å². The van der Waals surface area contributed by atoms with Crippen molar-refractivity contribution in [3.8, 4) is 5.75 Å². The fourth-order valence-electron chi connectivity index (χ4n) is 5.83. The first kappa shape index (κ1) is 34.9. The van der Waals surface area contributed by atoms with E-state index < -0.39 is 12.1 Å². The van der Waals surface area contributed by atoms with Gasteiger partial charge in [0, 0.05) is 33.2 Å². The molecule has 46 heavy (non-hydrogen) atoms. The molecule has 0 radical (unpaired) electrons. The van der Waals surface area contributed by atoms with Crippen LogP contribution in [0.25, 0.3) is 0 Å². The van der Waals surface area contributed by atoms with Crippen LogP contribution in [0.2, 0.25) is 0 Å². The van der Waals surface area contributed by atoms with Crippen LogP contribution in [0.3, 0.4) is 0 Å². The summed E-state index contributed by atoms with van der Waals surface area (Å²) in [6, 6.07) is 17.8. The summed E-state index contributed by atoms with van der Waals surface area (Å²) in [5, 5.41) is 19.1. The Hall–Kier alpha value is -3.93. The molecule has 250 valence electrons. The van der Waals surface area contributed by atoms with Gasteiger partial charge in [-0.1, -0.05) is 42.5 Å². The fourth-order valence-corrected chi connectivity index (χ4v) is 5.83. The van der Waals surface area contributed by atoms with Gasteiger partial charge < -0.3 is 34.9 Å². The van der Waals surface area contributed by atoms with Gasteiger partial charge in [0.25, 0.3) is 5.91 Å². The highest BCUT2D eigenvalue weighted by molar-refractivity contribution is 5.92. The molecule has 2 bridgehead atoms. The summed E-state index contributed by atoms with van der Waals surface area (Å²) < 4.78 is 18.6. The highest BCUT2D eigenvalue weighted by Gasteiger charge is 2.24. The number of benzene rings is 2. The molecule has 0 spiro atoms. The number of amides is 2. The third-order valence-corrected chi connectivity index (χ3v) is 8.36. The number of carboxylic acid groups (broad SMARTS) is 1. The lowest BCUT2D eigenvalue weighted by Gasteiger charge is -2.38. The molecule has 0 aliphatic carbocycles. The molecule has 1 unspecified atom stereocenters. The monoisotopic (exact) mass is 635 g/mol. The first-order valence-electron chi connectivity index (χ1n) is 16.4. The van der Waals surface area contributed by atoms with E-state index in [0.29, 0.717) is 37.6 Å². The molecule has 4 heterocycles. The number of carbonyl (C=O) groups excluding carboxylic acids is 1. The first-order chi connectivity index (χ1) is 22.4. The van der Waals surface area contributed by atoms with Gasteiger partial charge in [0.1, 0.15) is 12.4 Å². The Labute approximate surface area is 272 Å². The predicted octanol–water partition coefficient (Wildman–Crippen LogP) is 5.37. The molecule has 2 aromatic carbocycles. The normalized spacial score (nSPS) is 17.6. The SMILES string of the molecule is C1CN2CCC1CC2.CCOC(CCCNC(=O)c1cc(COc2cccc(C(NC(=O)O)c3ccccc3)c2)n(C)n1)OCC. The van der Waals surface area contributed by atoms with E-state index >= 15 is 0 Å². The van der Waals surface area contributed by atoms with Gasteiger partial charge in [-0.3, -0.25) is 9.48 Å². The summed E-state index contributed by atoms with van der Waals surface area (Å²) in [4.78, 5) is 26.6. The van der Waals surface area contributed by atoms with Crippen LogP contribution in [0.4, 0.5) is 4.79 Å². The van der Waals surface area contributed by atoms with Gasteiger partial charge in [-0.2, -0.15) is 5.10 Å². The summed E-state index contributed by atoms with van der Waals surface area (Å²) in [5.41, 5.74) is 2.59. The molecular weight excluding hydrogens is 586 g/mol. The second-order valence-corrected chi connectivity index (χ2v) is 11.6. The quantitative estimate of drug-likeness (QED) is 0.150. The molecule has 11 heteroatoms. The number of hydrogen-bond acceptors (Lipinski definition) is 7. The van der Waals surface area contributed by atoms with Gasteiger partial charge in [0.05, 0.1) is 11.7 Å². The van der Waals surface area contributed by atoms with E-state index in [1.807, 2.05) is 56.3 Å². The molecule has 6 rings (SSSR count).